The van der Waals surface area contributed by atoms with Crippen molar-refractivity contribution in [1.29, 1.82) is 0 Å². The third-order valence-corrected chi connectivity index (χ3v) is 1.94. The lowest BCUT2D eigenvalue weighted by Crippen LogP contribution is -1.73. The van der Waals surface area contributed by atoms with Gasteiger partial charge in [-0.2, -0.15) is 0 Å². The summed E-state index contributed by atoms with van der Waals surface area (Å²) in [6, 6.07) is 3.90. The van der Waals surface area contributed by atoms with Crippen molar-refractivity contribution in [1.82, 2.24) is 9.97 Å². The van der Waals surface area contributed by atoms with Gasteiger partial charge >= 0.3 is 0 Å². The average Bonchev–Trinajstić information content (AvgIpc) is 2.51. The monoisotopic (exact) mass is 196 g/mol. The zero-order valence-electron chi connectivity index (χ0n) is 8.06. The van der Waals surface area contributed by atoms with Gasteiger partial charge in [0.05, 0.1) is 5.52 Å². The minimum absolute atomic E-state index is 0.562. The number of halogens is 1. The number of nitrogens with zero attached hydrogens (tertiary/aromatic N) is 1. The Morgan fingerprint density at radius 2 is 2.08 bits per heavy atom. The zero-order chi connectivity index (χ0) is 9.84. The van der Waals surface area contributed by atoms with Crippen LogP contribution < -0.4 is 0 Å². The van der Waals surface area contributed by atoms with Crippen LogP contribution in [0.5, 0.6) is 0 Å². The van der Waals surface area contributed by atoms with Crippen molar-refractivity contribution in [2.45, 2.75) is 20.8 Å². The highest BCUT2D eigenvalue weighted by Gasteiger charge is 2.00. The number of aromatic nitrogens is 2. The molecule has 0 spiro atoms. The van der Waals surface area contributed by atoms with Crippen LogP contribution in [-0.2, 0) is 0 Å². The lowest BCUT2D eigenvalue weighted by molar-refractivity contribution is 1.29. The largest absolute Gasteiger partial charge is 0.359 e. The summed E-state index contributed by atoms with van der Waals surface area (Å²) in [5.41, 5.74) is 2.15. The Morgan fingerprint density at radius 1 is 1.38 bits per heavy atom. The lowest BCUT2D eigenvalue weighted by atomic mass is 10.3. The number of hydrogen-bond donors (Lipinski definition) is 1. The quantitative estimate of drug-likeness (QED) is 0.642. The standard InChI is InChI=1S/C8H7ClN2.C2H6/c1-5-4-6-7(11-5)2-3-10-8(6)9;1-2/h2-4,11H,1H3;1-2H3. The number of pyridine rings is 1. The van der Waals surface area contributed by atoms with Crippen molar-refractivity contribution in [3.63, 3.8) is 0 Å². The van der Waals surface area contributed by atoms with Gasteiger partial charge in [0.2, 0.25) is 0 Å². The van der Waals surface area contributed by atoms with Crippen LogP contribution in [-0.4, -0.2) is 9.97 Å². The highest BCUT2D eigenvalue weighted by molar-refractivity contribution is 6.34. The average molecular weight is 197 g/mol. The van der Waals surface area contributed by atoms with E-state index in [9.17, 15) is 0 Å². The molecule has 2 aromatic heterocycles. The summed E-state index contributed by atoms with van der Waals surface area (Å²) >= 11 is 5.84. The molecular formula is C10H13ClN2. The summed E-state index contributed by atoms with van der Waals surface area (Å²) < 4.78 is 0. The molecule has 0 aliphatic rings. The molecule has 13 heavy (non-hydrogen) atoms. The molecule has 2 nitrogen and oxygen atoms in total. The van der Waals surface area contributed by atoms with Gasteiger partial charge < -0.3 is 4.98 Å². The molecule has 1 N–H and O–H groups in total. The Labute approximate surface area is 82.9 Å². The molecule has 70 valence electrons. The Bertz CT molecular complexity index is 393. The molecule has 0 aliphatic heterocycles. The van der Waals surface area contributed by atoms with Gasteiger partial charge in [-0.3, -0.25) is 0 Å². The SMILES string of the molecule is CC.Cc1cc2c(Cl)nccc2[nH]1. The van der Waals surface area contributed by atoms with Crippen molar-refractivity contribution >= 4 is 22.5 Å². The molecule has 0 atom stereocenters. The maximum atomic E-state index is 5.84. The van der Waals surface area contributed by atoms with Gasteiger partial charge in [-0.05, 0) is 19.1 Å². The van der Waals surface area contributed by atoms with E-state index in [-0.39, 0.29) is 0 Å². The third-order valence-electron chi connectivity index (χ3n) is 1.63. The first kappa shape index (κ1) is 10.1. The van der Waals surface area contributed by atoms with Crippen LogP contribution in [0, 0.1) is 6.92 Å². The number of fused-ring (bicyclic) bond motifs is 1. The normalized spacial score (nSPS) is 9.54. The lowest BCUT2D eigenvalue weighted by Gasteiger charge is -1.89. The molecule has 2 heterocycles. The fourth-order valence-electron chi connectivity index (χ4n) is 1.16. The summed E-state index contributed by atoms with van der Waals surface area (Å²) in [6.45, 7) is 6.00. The second-order valence-electron chi connectivity index (χ2n) is 2.52. The number of H-pyrrole nitrogens is 1. The summed E-state index contributed by atoms with van der Waals surface area (Å²) in [7, 11) is 0. The molecule has 3 heteroatoms. The van der Waals surface area contributed by atoms with Crippen LogP contribution in [0.3, 0.4) is 0 Å². The van der Waals surface area contributed by atoms with Gasteiger partial charge in [0.25, 0.3) is 0 Å². The fraction of sp³-hybridized carbons (Fsp3) is 0.300. The predicted octanol–water partition coefficient (Wildman–Crippen LogP) is 3.55. The van der Waals surface area contributed by atoms with E-state index in [0.717, 1.165) is 16.6 Å². The molecular weight excluding hydrogens is 184 g/mol. The summed E-state index contributed by atoms with van der Waals surface area (Å²) in [6.07, 6.45) is 1.70. The second-order valence-corrected chi connectivity index (χ2v) is 2.87. The van der Waals surface area contributed by atoms with E-state index >= 15 is 0 Å². The second kappa shape index (κ2) is 4.28. The molecule has 0 fully saturated rings. The molecule has 0 aromatic carbocycles. The van der Waals surface area contributed by atoms with Crippen LogP contribution >= 0.6 is 11.6 Å². The zero-order valence-corrected chi connectivity index (χ0v) is 8.81. The third kappa shape index (κ3) is 2.01. The van der Waals surface area contributed by atoms with Crippen molar-refractivity contribution < 1.29 is 0 Å². The first-order valence-electron chi connectivity index (χ1n) is 4.37. The van der Waals surface area contributed by atoms with Gasteiger partial charge in [0.1, 0.15) is 5.15 Å². The van der Waals surface area contributed by atoms with Gasteiger partial charge in [-0.1, -0.05) is 25.4 Å². The molecule has 2 aromatic rings. The minimum Gasteiger partial charge on any atom is -0.359 e. The van der Waals surface area contributed by atoms with E-state index in [1.165, 1.54) is 0 Å². The number of aryl methyl sites for hydroxylation is 1. The van der Waals surface area contributed by atoms with Gasteiger partial charge in [0.15, 0.2) is 0 Å². The highest BCUT2D eigenvalue weighted by Crippen LogP contribution is 2.20. The van der Waals surface area contributed by atoms with Crippen LogP contribution in [0.4, 0.5) is 0 Å². The number of nitrogens with one attached hydrogen (secondary N) is 1. The van der Waals surface area contributed by atoms with E-state index < -0.39 is 0 Å². The Kier molecular flexibility index (Phi) is 3.32. The predicted molar refractivity (Wildman–Crippen MR) is 57.2 cm³/mol. The molecule has 2 rings (SSSR count). The van der Waals surface area contributed by atoms with Crippen molar-refractivity contribution in [3.05, 3.63) is 29.2 Å². The summed E-state index contributed by atoms with van der Waals surface area (Å²) in [5.74, 6) is 0. The Hall–Kier alpha value is -1.02. The number of hydrogen-bond acceptors (Lipinski definition) is 1. The smallest absolute Gasteiger partial charge is 0.138 e. The van der Waals surface area contributed by atoms with Crippen molar-refractivity contribution in [2.24, 2.45) is 0 Å². The van der Waals surface area contributed by atoms with Crippen LogP contribution in [0.1, 0.15) is 19.5 Å². The Balaban J connectivity index is 0.000000396. The number of aromatic amines is 1. The topological polar surface area (TPSA) is 28.7 Å². The first-order chi connectivity index (χ1) is 6.27. The molecule has 0 bridgehead atoms. The van der Waals surface area contributed by atoms with Crippen molar-refractivity contribution in [3.8, 4) is 0 Å². The van der Waals surface area contributed by atoms with E-state index in [1.807, 2.05) is 32.9 Å². The molecule has 0 radical (unpaired) electrons. The first-order valence-corrected chi connectivity index (χ1v) is 4.75. The maximum Gasteiger partial charge on any atom is 0.138 e. The van der Waals surface area contributed by atoms with E-state index in [1.54, 1.807) is 6.20 Å². The molecule has 0 aliphatic carbocycles. The van der Waals surface area contributed by atoms with Crippen molar-refractivity contribution in [2.75, 3.05) is 0 Å². The van der Waals surface area contributed by atoms with Gasteiger partial charge in [-0.25, -0.2) is 4.98 Å². The van der Waals surface area contributed by atoms with Gasteiger partial charge in [0, 0.05) is 17.3 Å². The van der Waals surface area contributed by atoms with Crippen LogP contribution in [0.2, 0.25) is 5.15 Å². The van der Waals surface area contributed by atoms with Crippen LogP contribution in [0.25, 0.3) is 10.9 Å². The maximum absolute atomic E-state index is 5.84. The Morgan fingerprint density at radius 3 is 2.69 bits per heavy atom. The highest BCUT2D eigenvalue weighted by atomic mass is 35.5. The summed E-state index contributed by atoms with van der Waals surface area (Å²) in [5, 5.41) is 1.55. The summed E-state index contributed by atoms with van der Waals surface area (Å²) in [4.78, 5) is 7.14. The molecule has 0 unspecified atom stereocenters. The van der Waals surface area contributed by atoms with E-state index in [2.05, 4.69) is 9.97 Å². The van der Waals surface area contributed by atoms with E-state index in [4.69, 9.17) is 11.6 Å². The fourth-order valence-corrected chi connectivity index (χ4v) is 1.37. The van der Waals surface area contributed by atoms with Gasteiger partial charge in [-0.15, -0.1) is 0 Å². The molecule has 0 saturated heterocycles. The molecule has 0 saturated carbocycles. The number of rotatable bonds is 0. The van der Waals surface area contributed by atoms with Crippen LogP contribution in [0.15, 0.2) is 18.3 Å². The minimum atomic E-state index is 0.562. The molecule has 0 amide bonds. The van der Waals surface area contributed by atoms with E-state index in [0.29, 0.717) is 5.15 Å².